The maximum Gasteiger partial charge on any atom is 0.407 e. The summed E-state index contributed by atoms with van der Waals surface area (Å²) in [5.41, 5.74) is -1.43. The molecule has 2 aliphatic heterocycles. The summed E-state index contributed by atoms with van der Waals surface area (Å²) in [6.45, 7) is 9.19. The van der Waals surface area contributed by atoms with E-state index in [2.05, 4.69) is 26.9 Å². The van der Waals surface area contributed by atoms with E-state index in [0.717, 1.165) is 16.3 Å². The molecule has 256 valence electrons. The molecule has 1 aromatic heterocycles. The van der Waals surface area contributed by atoms with Crippen LogP contribution in [0.25, 0.3) is 16.8 Å². The van der Waals surface area contributed by atoms with Crippen molar-refractivity contribution in [3.8, 4) is 5.88 Å². The molecule has 3 heterocycles. The molecular weight excluding hydrogens is 638 g/mol. The Morgan fingerprint density at radius 2 is 1.96 bits per heavy atom. The van der Waals surface area contributed by atoms with Crippen LogP contribution in [0.1, 0.15) is 58.4 Å². The molecule has 0 radical (unpaired) electrons. The van der Waals surface area contributed by atoms with E-state index >= 15 is 0 Å². The van der Waals surface area contributed by atoms with Crippen molar-refractivity contribution in [1.29, 1.82) is 0 Å². The van der Waals surface area contributed by atoms with Gasteiger partial charge in [0, 0.05) is 23.9 Å². The van der Waals surface area contributed by atoms with Crippen LogP contribution in [-0.2, 0) is 29.1 Å². The summed E-state index contributed by atoms with van der Waals surface area (Å²) in [4.78, 5) is 60.5. The number of cyclic esters (lactones) is 1. The number of ether oxygens (including phenoxy) is 2. The summed E-state index contributed by atoms with van der Waals surface area (Å²) >= 11 is 0. The molecule has 2 aliphatic carbocycles. The van der Waals surface area contributed by atoms with Gasteiger partial charge in [-0.05, 0) is 54.2 Å². The highest BCUT2D eigenvalue weighted by atomic mass is 32.2. The third-order valence-electron chi connectivity index (χ3n) is 9.33. The van der Waals surface area contributed by atoms with Crippen molar-refractivity contribution in [3.05, 3.63) is 54.8 Å². The number of amides is 4. The predicted octanol–water partition coefficient (Wildman–Crippen LogP) is 2.81. The maximum atomic E-state index is 14.3. The Balaban J connectivity index is 1.33. The molecule has 3 N–H and O–H groups in total. The van der Waals surface area contributed by atoms with Gasteiger partial charge in [-0.1, -0.05) is 51.1 Å². The predicted molar refractivity (Wildman–Crippen MR) is 177 cm³/mol. The third-order valence-corrected chi connectivity index (χ3v) is 11.2. The first-order valence-electron chi connectivity index (χ1n) is 16.2. The second-order valence-corrected chi connectivity index (χ2v) is 16.0. The molecule has 4 amide bonds. The topological polar surface area (TPSA) is 173 Å². The Hall–Kier alpha value is -4.46. The fraction of sp³-hybridized carbons (Fsp3) is 0.500. The van der Waals surface area contributed by atoms with Crippen LogP contribution in [-0.4, -0.2) is 84.2 Å². The second kappa shape index (κ2) is 12.5. The van der Waals surface area contributed by atoms with Crippen LogP contribution in [0.3, 0.4) is 0 Å². The van der Waals surface area contributed by atoms with Gasteiger partial charge in [0.1, 0.15) is 23.7 Å². The number of carbonyl (C=O) groups is 4. The van der Waals surface area contributed by atoms with Crippen LogP contribution in [0, 0.1) is 11.3 Å². The van der Waals surface area contributed by atoms with Gasteiger partial charge in [0.15, 0.2) is 0 Å². The molecule has 2 aromatic rings. The third kappa shape index (κ3) is 6.75. The Morgan fingerprint density at radius 1 is 1.19 bits per heavy atom. The average Bonchev–Trinajstić information content (AvgIpc) is 3.95. The van der Waals surface area contributed by atoms with Crippen LogP contribution >= 0.6 is 0 Å². The van der Waals surface area contributed by atoms with Crippen LogP contribution in [0.15, 0.2) is 49.2 Å². The van der Waals surface area contributed by atoms with E-state index in [9.17, 15) is 27.6 Å². The van der Waals surface area contributed by atoms with Crippen molar-refractivity contribution in [2.75, 3.05) is 13.2 Å². The number of rotatable bonds is 6. The SMILES string of the molecule is C=CC1C[C@]1(NC(=O)[C@@H]1C[C@@H]2CN1C(=O)[C@H](C(C)(C)C)NC(=O)OCC/C=C/c1ccc3ccnc(c3c1)O2)C(=O)NS(=O)(=O)C1CC1. The zero-order valence-electron chi connectivity index (χ0n) is 27.2. The number of fused-ring (bicyclic) bond motifs is 3. The van der Waals surface area contributed by atoms with Gasteiger partial charge in [-0.15, -0.1) is 6.58 Å². The van der Waals surface area contributed by atoms with Crippen LogP contribution < -0.4 is 20.1 Å². The summed E-state index contributed by atoms with van der Waals surface area (Å²) < 4.78 is 39.2. The summed E-state index contributed by atoms with van der Waals surface area (Å²) in [5, 5.41) is 6.48. The smallest absolute Gasteiger partial charge is 0.407 e. The molecule has 5 atom stereocenters. The number of hydrogen-bond donors (Lipinski definition) is 3. The Bertz CT molecular complexity index is 1800. The molecule has 1 saturated heterocycles. The highest BCUT2D eigenvalue weighted by Gasteiger charge is 2.62. The van der Waals surface area contributed by atoms with Crippen LogP contribution in [0.2, 0.25) is 0 Å². The van der Waals surface area contributed by atoms with Crippen molar-refractivity contribution in [3.63, 3.8) is 0 Å². The molecule has 4 bridgehead atoms. The number of aromatic nitrogens is 1. The lowest BCUT2D eigenvalue weighted by atomic mass is 9.85. The molecule has 14 heteroatoms. The van der Waals surface area contributed by atoms with Gasteiger partial charge in [0.05, 0.1) is 18.4 Å². The van der Waals surface area contributed by atoms with Crippen LogP contribution in [0.5, 0.6) is 5.88 Å². The molecule has 48 heavy (non-hydrogen) atoms. The first-order valence-corrected chi connectivity index (χ1v) is 17.7. The van der Waals surface area contributed by atoms with Gasteiger partial charge >= 0.3 is 6.09 Å². The number of pyridine rings is 1. The van der Waals surface area contributed by atoms with Gasteiger partial charge in [-0.3, -0.25) is 19.1 Å². The molecule has 0 spiro atoms. The minimum Gasteiger partial charge on any atom is -0.472 e. The number of carbonyl (C=O) groups excluding carboxylic acids is 4. The molecule has 2 saturated carbocycles. The van der Waals surface area contributed by atoms with E-state index in [1.807, 2.05) is 36.4 Å². The van der Waals surface area contributed by atoms with E-state index in [4.69, 9.17) is 9.47 Å². The van der Waals surface area contributed by atoms with E-state index in [1.54, 1.807) is 27.0 Å². The van der Waals surface area contributed by atoms with E-state index in [-0.39, 0.29) is 26.0 Å². The molecule has 13 nitrogen and oxygen atoms in total. The number of hydrogen-bond acceptors (Lipinski definition) is 9. The van der Waals surface area contributed by atoms with Gasteiger partial charge < -0.3 is 25.0 Å². The number of nitrogens with zero attached hydrogens (tertiary/aromatic N) is 2. The standard InChI is InChI=1S/C34H41N5O8S/c1-5-22-18-34(22,31(42)38-48(44,45)24-11-12-24)37-28(40)26-17-23-19-39(26)30(41)27(33(2,3)4)36-32(43)46-15-7-6-8-20-9-10-21-13-14-35-29(47-23)25(21)16-20/h5-6,8-10,13-14,16,22-24,26-27H,1,7,11-12,15,17-19H2,2-4H3,(H,36,43)(H,37,40)(H,38,42)/b8-6+/t22?,23-,26+,27-,34-/m1/s1. The second-order valence-electron chi connectivity index (χ2n) is 14.0. The van der Waals surface area contributed by atoms with Crippen LogP contribution in [0.4, 0.5) is 4.79 Å². The largest absolute Gasteiger partial charge is 0.472 e. The van der Waals surface area contributed by atoms with Crippen molar-refractivity contribution >= 4 is 50.7 Å². The van der Waals surface area contributed by atoms with Gasteiger partial charge in [0.2, 0.25) is 27.7 Å². The summed E-state index contributed by atoms with van der Waals surface area (Å²) in [6, 6.07) is 5.48. The van der Waals surface area contributed by atoms with Crippen molar-refractivity contribution in [2.24, 2.45) is 11.3 Å². The molecule has 3 fully saturated rings. The lowest BCUT2D eigenvalue weighted by Gasteiger charge is -2.35. The van der Waals surface area contributed by atoms with Gasteiger partial charge in [0.25, 0.3) is 5.91 Å². The van der Waals surface area contributed by atoms with E-state index in [0.29, 0.717) is 25.1 Å². The summed E-state index contributed by atoms with van der Waals surface area (Å²) in [6.07, 6.45) is 7.05. The lowest BCUT2D eigenvalue weighted by Crippen LogP contribution is -2.60. The normalized spacial score (nSPS) is 28.4. The highest BCUT2D eigenvalue weighted by molar-refractivity contribution is 7.91. The highest BCUT2D eigenvalue weighted by Crippen LogP contribution is 2.45. The average molecular weight is 680 g/mol. The van der Waals surface area contributed by atoms with E-state index < -0.39 is 74.1 Å². The number of alkyl carbamates (subject to hydrolysis) is 1. The zero-order chi connectivity index (χ0) is 34.4. The molecule has 6 rings (SSSR count). The quantitative estimate of drug-likeness (QED) is 0.388. The Labute approximate surface area is 279 Å². The minimum absolute atomic E-state index is 0.0158. The van der Waals surface area contributed by atoms with Crippen molar-refractivity contribution in [2.45, 2.75) is 81.9 Å². The van der Waals surface area contributed by atoms with E-state index in [1.165, 1.54) is 11.0 Å². The molecule has 1 aromatic carbocycles. The monoisotopic (exact) mass is 679 g/mol. The molecule has 4 aliphatic rings. The molecular formula is C34H41N5O8S. The summed E-state index contributed by atoms with van der Waals surface area (Å²) in [5.74, 6) is -2.19. The van der Waals surface area contributed by atoms with Crippen molar-refractivity contribution < 1.29 is 37.1 Å². The fourth-order valence-electron chi connectivity index (χ4n) is 6.32. The Morgan fingerprint density at radius 3 is 2.65 bits per heavy atom. The first kappa shape index (κ1) is 33.4. The van der Waals surface area contributed by atoms with Gasteiger partial charge in [-0.2, -0.15) is 0 Å². The summed E-state index contributed by atoms with van der Waals surface area (Å²) in [7, 11) is -3.88. The molecule has 1 unspecified atom stereocenters. The van der Waals surface area contributed by atoms with Crippen molar-refractivity contribution in [1.82, 2.24) is 25.2 Å². The lowest BCUT2D eigenvalue weighted by molar-refractivity contribution is -0.142. The fourth-order valence-corrected chi connectivity index (χ4v) is 7.69. The zero-order valence-corrected chi connectivity index (χ0v) is 28.0. The number of benzene rings is 1. The number of sulfonamides is 1. The first-order chi connectivity index (χ1) is 22.7. The van der Waals surface area contributed by atoms with Gasteiger partial charge in [-0.25, -0.2) is 18.2 Å². The number of nitrogens with one attached hydrogen (secondary N) is 3. The Kier molecular flexibility index (Phi) is 8.73. The minimum atomic E-state index is -3.88. The maximum absolute atomic E-state index is 14.3.